The molecule has 2 aromatic rings. The van der Waals surface area contributed by atoms with Gasteiger partial charge in [0.25, 0.3) is 0 Å². The number of rotatable bonds is 3. The van der Waals surface area contributed by atoms with Gasteiger partial charge in [0.2, 0.25) is 0 Å². The van der Waals surface area contributed by atoms with E-state index in [1.54, 1.807) is 0 Å². The molecule has 0 saturated carbocycles. The smallest absolute Gasteiger partial charge is 0.138 e. The van der Waals surface area contributed by atoms with Gasteiger partial charge in [-0.3, -0.25) is 0 Å². The van der Waals surface area contributed by atoms with Gasteiger partial charge in [-0.15, -0.1) is 0 Å². The van der Waals surface area contributed by atoms with E-state index in [9.17, 15) is 0 Å². The summed E-state index contributed by atoms with van der Waals surface area (Å²) in [5.41, 5.74) is 4.51. The lowest BCUT2D eigenvalue weighted by Crippen LogP contribution is -2.02. The van der Waals surface area contributed by atoms with Crippen molar-refractivity contribution >= 4 is 28.3 Å². The third-order valence-electron chi connectivity index (χ3n) is 2.83. The molecule has 4 heteroatoms. The predicted molar refractivity (Wildman–Crippen MR) is 77.2 cm³/mol. The molecule has 1 aromatic heterocycles. The fraction of sp³-hybridized carbons (Fsp3) is 0.308. The normalized spacial score (nSPS) is 10.6. The molecular formula is C13H15IN2O. The van der Waals surface area contributed by atoms with Crippen LogP contribution < -0.4 is 5.32 Å². The maximum absolute atomic E-state index is 5.14. The van der Waals surface area contributed by atoms with Crippen LogP contribution in [0.2, 0.25) is 0 Å². The van der Waals surface area contributed by atoms with Crippen LogP contribution in [0.25, 0.3) is 0 Å². The second kappa shape index (κ2) is 5.08. The summed E-state index contributed by atoms with van der Waals surface area (Å²) in [4.78, 5) is 0. The number of nitrogens with one attached hydrogen (secondary N) is 1. The van der Waals surface area contributed by atoms with Crippen molar-refractivity contribution in [2.24, 2.45) is 0 Å². The monoisotopic (exact) mass is 342 g/mol. The number of benzene rings is 1. The first-order valence-corrected chi connectivity index (χ1v) is 6.57. The lowest BCUT2D eigenvalue weighted by molar-refractivity contribution is 0.392. The van der Waals surface area contributed by atoms with E-state index < -0.39 is 0 Å². The third kappa shape index (κ3) is 2.80. The maximum atomic E-state index is 5.14. The minimum absolute atomic E-state index is 0.753. The Kier molecular flexibility index (Phi) is 3.71. The van der Waals surface area contributed by atoms with Gasteiger partial charge < -0.3 is 9.84 Å². The lowest BCUT2D eigenvalue weighted by atomic mass is 10.1. The van der Waals surface area contributed by atoms with Crippen LogP contribution in [0, 0.1) is 24.3 Å². The summed E-state index contributed by atoms with van der Waals surface area (Å²) in [7, 11) is 0. The highest BCUT2D eigenvalue weighted by molar-refractivity contribution is 14.1. The molecule has 1 heterocycles. The Morgan fingerprint density at radius 1 is 1.29 bits per heavy atom. The molecule has 0 radical (unpaired) electrons. The average Bonchev–Trinajstić information content (AvgIpc) is 2.58. The van der Waals surface area contributed by atoms with Gasteiger partial charge in [0.05, 0.1) is 5.69 Å². The second-order valence-electron chi connectivity index (χ2n) is 4.12. The molecule has 3 nitrogen and oxygen atoms in total. The van der Waals surface area contributed by atoms with Gasteiger partial charge in [0, 0.05) is 21.4 Å². The number of aromatic nitrogens is 1. The summed E-state index contributed by atoms with van der Waals surface area (Å²) >= 11 is 2.32. The van der Waals surface area contributed by atoms with Gasteiger partial charge in [0.1, 0.15) is 5.76 Å². The zero-order valence-corrected chi connectivity index (χ0v) is 12.3. The first kappa shape index (κ1) is 12.4. The molecular weight excluding hydrogens is 327 g/mol. The second-order valence-corrected chi connectivity index (χ2v) is 5.36. The van der Waals surface area contributed by atoms with Crippen LogP contribution in [0.15, 0.2) is 22.7 Å². The van der Waals surface area contributed by atoms with E-state index in [2.05, 4.69) is 58.2 Å². The molecule has 17 heavy (non-hydrogen) atoms. The van der Waals surface area contributed by atoms with Crippen molar-refractivity contribution in [3.63, 3.8) is 0 Å². The zero-order valence-electron chi connectivity index (χ0n) is 10.2. The Labute approximate surface area is 115 Å². The van der Waals surface area contributed by atoms with Gasteiger partial charge in [-0.05, 0) is 67.1 Å². The molecule has 0 fully saturated rings. The van der Waals surface area contributed by atoms with Crippen molar-refractivity contribution in [1.82, 2.24) is 5.16 Å². The SMILES string of the molecule is Cc1cc(I)ccc1NCc1c(C)noc1C. The summed E-state index contributed by atoms with van der Waals surface area (Å²) in [5, 5.41) is 7.37. The van der Waals surface area contributed by atoms with Gasteiger partial charge in [-0.25, -0.2) is 0 Å². The number of halogens is 1. The summed E-state index contributed by atoms with van der Waals surface area (Å²) in [6.45, 7) is 6.77. The predicted octanol–water partition coefficient (Wildman–Crippen LogP) is 3.82. The number of hydrogen-bond acceptors (Lipinski definition) is 3. The molecule has 1 N–H and O–H groups in total. The van der Waals surface area contributed by atoms with Gasteiger partial charge in [-0.1, -0.05) is 5.16 Å². The molecule has 0 unspecified atom stereocenters. The maximum Gasteiger partial charge on any atom is 0.138 e. The van der Waals surface area contributed by atoms with E-state index in [1.165, 1.54) is 9.13 Å². The number of anilines is 1. The fourth-order valence-electron chi connectivity index (χ4n) is 1.76. The lowest BCUT2D eigenvalue weighted by Gasteiger charge is -2.09. The first-order valence-electron chi connectivity index (χ1n) is 5.49. The zero-order chi connectivity index (χ0) is 12.4. The van der Waals surface area contributed by atoms with E-state index in [4.69, 9.17) is 4.52 Å². The molecule has 90 valence electrons. The Morgan fingerprint density at radius 3 is 2.65 bits per heavy atom. The van der Waals surface area contributed by atoms with Crippen molar-refractivity contribution in [3.05, 3.63) is 44.4 Å². The van der Waals surface area contributed by atoms with Crippen LogP contribution in [0.3, 0.4) is 0 Å². The largest absolute Gasteiger partial charge is 0.381 e. The van der Waals surface area contributed by atoms with Crippen molar-refractivity contribution in [2.75, 3.05) is 5.32 Å². The summed E-state index contributed by atoms with van der Waals surface area (Å²) in [5.74, 6) is 0.887. The van der Waals surface area contributed by atoms with Crippen molar-refractivity contribution in [1.29, 1.82) is 0 Å². The van der Waals surface area contributed by atoms with E-state index in [1.807, 2.05) is 13.8 Å². The molecule has 0 atom stereocenters. The minimum atomic E-state index is 0.753. The van der Waals surface area contributed by atoms with Crippen molar-refractivity contribution in [2.45, 2.75) is 27.3 Å². The Hall–Kier alpha value is -1.04. The van der Waals surface area contributed by atoms with E-state index in [-0.39, 0.29) is 0 Å². The van der Waals surface area contributed by atoms with Gasteiger partial charge >= 0.3 is 0 Å². The van der Waals surface area contributed by atoms with E-state index in [0.29, 0.717) is 0 Å². The van der Waals surface area contributed by atoms with E-state index >= 15 is 0 Å². The third-order valence-corrected chi connectivity index (χ3v) is 3.50. The summed E-state index contributed by atoms with van der Waals surface area (Å²) in [6.07, 6.45) is 0. The minimum Gasteiger partial charge on any atom is -0.381 e. The standard InChI is InChI=1S/C13H15IN2O/c1-8-6-11(14)4-5-13(8)15-7-12-9(2)16-17-10(12)3/h4-6,15H,7H2,1-3H3. The highest BCUT2D eigenvalue weighted by atomic mass is 127. The van der Waals surface area contributed by atoms with Crippen LogP contribution in [-0.2, 0) is 6.54 Å². The molecule has 0 amide bonds. The Balaban J connectivity index is 2.13. The Morgan fingerprint density at radius 2 is 2.06 bits per heavy atom. The molecule has 0 aliphatic carbocycles. The molecule has 2 rings (SSSR count). The van der Waals surface area contributed by atoms with Crippen LogP contribution in [0.5, 0.6) is 0 Å². The van der Waals surface area contributed by atoms with Crippen LogP contribution >= 0.6 is 22.6 Å². The van der Waals surface area contributed by atoms with E-state index in [0.717, 1.165) is 29.2 Å². The molecule has 0 aliphatic heterocycles. The van der Waals surface area contributed by atoms with Gasteiger partial charge in [0.15, 0.2) is 0 Å². The molecule has 0 aliphatic rings. The number of aryl methyl sites for hydroxylation is 3. The Bertz CT molecular complexity index is 515. The topological polar surface area (TPSA) is 38.1 Å². The first-order chi connectivity index (χ1) is 8.08. The average molecular weight is 342 g/mol. The van der Waals surface area contributed by atoms with Crippen LogP contribution in [-0.4, -0.2) is 5.16 Å². The molecule has 0 saturated heterocycles. The summed E-state index contributed by atoms with van der Waals surface area (Å²) in [6, 6.07) is 6.37. The quantitative estimate of drug-likeness (QED) is 0.862. The number of nitrogens with zero attached hydrogens (tertiary/aromatic N) is 1. The van der Waals surface area contributed by atoms with Crippen molar-refractivity contribution in [3.8, 4) is 0 Å². The highest BCUT2D eigenvalue weighted by Gasteiger charge is 2.08. The summed E-state index contributed by atoms with van der Waals surface area (Å²) < 4.78 is 6.39. The molecule has 1 aromatic carbocycles. The molecule has 0 bridgehead atoms. The van der Waals surface area contributed by atoms with Crippen LogP contribution in [0.1, 0.15) is 22.6 Å². The molecule has 0 spiro atoms. The number of hydrogen-bond donors (Lipinski definition) is 1. The van der Waals surface area contributed by atoms with Gasteiger partial charge in [-0.2, -0.15) is 0 Å². The van der Waals surface area contributed by atoms with Crippen molar-refractivity contribution < 1.29 is 4.52 Å². The van der Waals surface area contributed by atoms with Crippen LogP contribution in [0.4, 0.5) is 5.69 Å². The highest BCUT2D eigenvalue weighted by Crippen LogP contribution is 2.20. The fourth-order valence-corrected chi connectivity index (χ4v) is 2.41.